The normalized spacial score (nSPS) is 9.09. The molecule has 2 aromatic carbocycles. The second kappa shape index (κ2) is 7.31. The standard InChI is InChI=1S/C15H10N4O3/c20-9-16-12-6-13(17-10-21)8-14(7-12)19-15(22)18-11-4-2-1-3-5-11/h1-8H,(H2,18,19,22). The monoisotopic (exact) mass is 294 g/mol. The van der Waals surface area contributed by atoms with E-state index in [-0.39, 0.29) is 11.4 Å². The van der Waals surface area contributed by atoms with Crippen molar-refractivity contribution in [3.05, 3.63) is 48.5 Å². The third-order valence-electron chi connectivity index (χ3n) is 2.54. The summed E-state index contributed by atoms with van der Waals surface area (Å²) < 4.78 is 0. The van der Waals surface area contributed by atoms with Crippen molar-refractivity contribution in [1.29, 1.82) is 0 Å². The van der Waals surface area contributed by atoms with E-state index in [0.717, 1.165) is 0 Å². The maximum atomic E-state index is 11.9. The average molecular weight is 294 g/mol. The molecule has 0 unspecified atom stereocenters. The molecular weight excluding hydrogens is 284 g/mol. The van der Waals surface area contributed by atoms with Crippen LogP contribution in [0.2, 0.25) is 0 Å². The van der Waals surface area contributed by atoms with Crippen molar-refractivity contribution in [1.82, 2.24) is 0 Å². The molecule has 108 valence electrons. The van der Waals surface area contributed by atoms with Gasteiger partial charge in [-0.25, -0.2) is 14.4 Å². The summed E-state index contributed by atoms with van der Waals surface area (Å²) in [7, 11) is 0. The van der Waals surface area contributed by atoms with Crippen LogP contribution in [0, 0.1) is 0 Å². The number of hydrogen-bond donors (Lipinski definition) is 2. The van der Waals surface area contributed by atoms with E-state index in [2.05, 4.69) is 20.6 Å². The zero-order valence-corrected chi connectivity index (χ0v) is 11.2. The number of para-hydroxylation sites is 1. The molecule has 0 aliphatic carbocycles. The van der Waals surface area contributed by atoms with Crippen LogP contribution < -0.4 is 10.6 Å². The molecule has 2 amide bonds. The molecule has 2 aromatic rings. The van der Waals surface area contributed by atoms with Gasteiger partial charge in [0.25, 0.3) is 0 Å². The minimum absolute atomic E-state index is 0.210. The van der Waals surface area contributed by atoms with Crippen molar-refractivity contribution in [2.24, 2.45) is 9.98 Å². The number of carbonyl (C=O) groups is 1. The van der Waals surface area contributed by atoms with Crippen LogP contribution in [0.3, 0.4) is 0 Å². The van der Waals surface area contributed by atoms with E-state index >= 15 is 0 Å². The smallest absolute Gasteiger partial charge is 0.308 e. The van der Waals surface area contributed by atoms with Crippen molar-refractivity contribution in [2.45, 2.75) is 0 Å². The second-order valence-corrected chi connectivity index (χ2v) is 4.09. The van der Waals surface area contributed by atoms with E-state index < -0.39 is 6.03 Å². The molecule has 0 heterocycles. The lowest BCUT2D eigenvalue weighted by atomic mass is 10.2. The highest BCUT2D eigenvalue weighted by molar-refractivity contribution is 6.00. The summed E-state index contributed by atoms with van der Waals surface area (Å²) in [5, 5.41) is 5.19. The molecule has 2 rings (SSSR count). The van der Waals surface area contributed by atoms with Gasteiger partial charge in [0, 0.05) is 11.4 Å². The van der Waals surface area contributed by atoms with Crippen molar-refractivity contribution in [2.75, 3.05) is 10.6 Å². The van der Waals surface area contributed by atoms with Crippen molar-refractivity contribution in [3.8, 4) is 0 Å². The summed E-state index contributed by atoms with van der Waals surface area (Å²) in [6, 6.07) is 12.6. The summed E-state index contributed by atoms with van der Waals surface area (Å²) in [5.41, 5.74) is 1.36. The van der Waals surface area contributed by atoms with Crippen LogP contribution in [0.4, 0.5) is 27.5 Å². The van der Waals surface area contributed by atoms with E-state index in [9.17, 15) is 14.4 Å². The Bertz CT molecular complexity index is 740. The minimum Gasteiger partial charge on any atom is -0.308 e. The number of carbonyl (C=O) groups excluding carboxylic acids is 3. The number of nitrogens with one attached hydrogen (secondary N) is 2. The van der Waals surface area contributed by atoms with Crippen LogP contribution in [-0.4, -0.2) is 18.2 Å². The Hall–Kier alpha value is -3.53. The Kier molecular flexibility index (Phi) is 4.94. The quantitative estimate of drug-likeness (QED) is 0.668. The number of urea groups is 1. The number of isocyanates is 2. The first-order chi connectivity index (χ1) is 10.7. The summed E-state index contributed by atoms with van der Waals surface area (Å²) in [6.45, 7) is 0. The molecule has 7 heteroatoms. The van der Waals surface area contributed by atoms with Crippen LogP contribution >= 0.6 is 0 Å². The maximum absolute atomic E-state index is 11.9. The molecule has 7 nitrogen and oxygen atoms in total. The zero-order chi connectivity index (χ0) is 15.8. The van der Waals surface area contributed by atoms with Gasteiger partial charge in [-0.1, -0.05) is 18.2 Å². The fourth-order valence-corrected chi connectivity index (χ4v) is 1.72. The van der Waals surface area contributed by atoms with E-state index in [4.69, 9.17) is 0 Å². The van der Waals surface area contributed by atoms with Crippen molar-refractivity contribution in [3.63, 3.8) is 0 Å². The summed E-state index contributed by atoms with van der Waals surface area (Å²) in [6.07, 6.45) is 2.76. The van der Waals surface area contributed by atoms with Gasteiger partial charge in [0.1, 0.15) is 0 Å². The number of amides is 2. The molecule has 0 radical (unpaired) electrons. The third-order valence-corrected chi connectivity index (χ3v) is 2.54. The number of nitrogens with zero attached hydrogens (tertiary/aromatic N) is 2. The molecular formula is C15H10N4O3. The first-order valence-electron chi connectivity index (χ1n) is 6.15. The molecule has 0 aliphatic heterocycles. The van der Waals surface area contributed by atoms with E-state index in [0.29, 0.717) is 11.4 Å². The Morgan fingerprint density at radius 1 is 0.818 bits per heavy atom. The van der Waals surface area contributed by atoms with Gasteiger partial charge < -0.3 is 10.6 Å². The molecule has 0 spiro atoms. The van der Waals surface area contributed by atoms with Crippen LogP contribution in [0.15, 0.2) is 58.5 Å². The molecule has 0 atom stereocenters. The number of aliphatic imine (C=N–C) groups is 2. The Morgan fingerprint density at radius 3 is 1.91 bits per heavy atom. The fourth-order valence-electron chi connectivity index (χ4n) is 1.72. The van der Waals surface area contributed by atoms with Gasteiger partial charge in [-0.15, -0.1) is 0 Å². The van der Waals surface area contributed by atoms with Gasteiger partial charge >= 0.3 is 6.03 Å². The topological polar surface area (TPSA) is 100.0 Å². The summed E-state index contributed by atoms with van der Waals surface area (Å²) >= 11 is 0. The molecule has 0 saturated heterocycles. The minimum atomic E-state index is -0.487. The second-order valence-electron chi connectivity index (χ2n) is 4.09. The van der Waals surface area contributed by atoms with E-state index in [1.165, 1.54) is 30.4 Å². The van der Waals surface area contributed by atoms with E-state index in [1.807, 2.05) is 6.07 Å². The Labute approximate surface area is 125 Å². The van der Waals surface area contributed by atoms with Gasteiger partial charge in [-0.2, -0.15) is 9.98 Å². The van der Waals surface area contributed by atoms with Crippen molar-refractivity contribution < 1.29 is 14.4 Å². The highest BCUT2D eigenvalue weighted by Crippen LogP contribution is 2.26. The average Bonchev–Trinajstić information content (AvgIpc) is 2.48. The highest BCUT2D eigenvalue weighted by atomic mass is 16.2. The predicted molar refractivity (Wildman–Crippen MR) is 81.1 cm³/mol. The first-order valence-corrected chi connectivity index (χ1v) is 6.15. The largest absolute Gasteiger partial charge is 0.323 e. The molecule has 2 N–H and O–H groups in total. The predicted octanol–water partition coefficient (Wildman–Crippen LogP) is 3.27. The maximum Gasteiger partial charge on any atom is 0.323 e. The molecule has 0 aliphatic rings. The molecule has 0 aromatic heterocycles. The molecule has 22 heavy (non-hydrogen) atoms. The fraction of sp³-hybridized carbons (Fsp3) is 0. The van der Waals surface area contributed by atoms with Crippen LogP contribution in [0.1, 0.15) is 0 Å². The van der Waals surface area contributed by atoms with Crippen molar-refractivity contribution >= 4 is 40.9 Å². The number of rotatable bonds is 4. The Balaban J connectivity index is 2.19. The van der Waals surface area contributed by atoms with E-state index in [1.54, 1.807) is 24.3 Å². The van der Waals surface area contributed by atoms with Gasteiger partial charge in [0.2, 0.25) is 12.2 Å². The SMILES string of the molecule is O=C=Nc1cc(N=C=O)cc(NC(=O)Nc2ccccc2)c1. The number of hydrogen-bond acceptors (Lipinski definition) is 5. The van der Waals surface area contributed by atoms with Crippen LogP contribution in [0.5, 0.6) is 0 Å². The first kappa shape index (κ1) is 14.9. The molecule has 0 saturated carbocycles. The molecule has 0 fully saturated rings. The Morgan fingerprint density at radius 2 is 1.36 bits per heavy atom. The van der Waals surface area contributed by atoms with Gasteiger partial charge in [0.15, 0.2) is 0 Å². The lowest BCUT2D eigenvalue weighted by Crippen LogP contribution is -2.19. The lowest BCUT2D eigenvalue weighted by molar-refractivity contribution is 0.262. The number of anilines is 2. The zero-order valence-electron chi connectivity index (χ0n) is 11.2. The summed E-state index contributed by atoms with van der Waals surface area (Å²) in [5.74, 6) is 0. The molecule has 0 bridgehead atoms. The summed E-state index contributed by atoms with van der Waals surface area (Å²) in [4.78, 5) is 39.4. The number of benzene rings is 2. The third kappa shape index (κ3) is 4.25. The van der Waals surface area contributed by atoms with Gasteiger partial charge in [-0.3, -0.25) is 0 Å². The highest BCUT2D eigenvalue weighted by Gasteiger charge is 2.05. The van der Waals surface area contributed by atoms with Crippen LogP contribution in [0.25, 0.3) is 0 Å². The van der Waals surface area contributed by atoms with Crippen LogP contribution in [-0.2, 0) is 9.59 Å². The van der Waals surface area contributed by atoms with Gasteiger partial charge in [0.05, 0.1) is 11.4 Å². The lowest BCUT2D eigenvalue weighted by Gasteiger charge is -2.08. The van der Waals surface area contributed by atoms with Gasteiger partial charge in [-0.05, 0) is 30.3 Å².